The SMILES string of the molecule is CCC(CC)CN1C[C@]23C=C[C@H](O2)C(C(=O)N2CCCn4cncc4C2)C3C1=O. The first-order valence-corrected chi connectivity index (χ1v) is 11.0. The highest BCUT2D eigenvalue weighted by Crippen LogP contribution is 2.52. The first-order valence-electron chi connectivity index (χ1n) is 11.0. The maximum Gasteiger partial charge on any atom is 0.230 e. The van der Waals surface area contributed by atoms with Gasteiger partial charge in [0.15, 0.2) is 0 Å². The third kappa shape index (κ3) is 2.85. The molecule has 156 valence electrons. The molecule has 4 aliphatic heterocycles. The average molecular weight is 399 g/mol. The Kier molecular flexibility index (Phi) is 4.53. The summed E-state index contributed by atoms with van der Waals surface area (Å²) in [5.41, 5.74) is 0.445. The van der Waals surface area contributed by atoms with Crippen LogP contribution in [-0.2, 0) is 27.4 Å². The number of carbonyl (C=O) groups is 2. The van der Waals surface area contributed by atoms with Crippen LogP contribution in [0.2, 0.25) is 0 Å². The van der Waals surface area contributed by atoms with Crippen LogP contribution in [0.5, 0.6) is 0 Å². The molecule has 5 rings (SSSR count). The van der Waals surface area contributed by atoms with Gasteiger partial charge in [-0.3, -0.25) is 9.59 Å². The van der Waals surface area contributed by atoms with E-state index in [1.807, 2.05) is 28.4 Å². The molecule has 7 heteroatoms. The fraction of sp³-hybridized carbons (Fsp3) is 0.682. The molecule has 2 saturated heterocycles. The summed E-state index contributed by atoms with van der Waals surface area (Å²) < 4.78 is 8.42. The van der Waals surface area contributed by atoms with Crippen LogP contribution in [0.1, 0.15) is 38.8 Å². The van der Waals surface area contributed by atoms with E-state index < -0.39 is 11.5 Å². The Morgan fingerprint density at radius 2 is 2.17 bits per heavy atom. The summed E-state index contributed by atoms with van der Waals surface area (Å²) in [6, 6.07) is 0. The lowest BCUT2D eigenvalue weighted by Gasteiger charge is -2.29. The molecule has 1 spiro atoms. The van der Waals surface area contributed by atoms with Gasteiger partial charge >= 0.3 is 0 Å². The molecule has 2 bridgehead atoms. The van der Waals surface area contributed by atoms with Crippen molar-refractivity contribution < 1.29 is 14.3 Å². The molecule has 5 heterocycles. The van der Waals surface area contributed by atoms with E-state index in [9.17, 15) is 9.59 Å². The average Bonchev–Trinajstić information content (AvgIpc) is 3.44. The van der Waals surface area contributed by atoms with Gasteiger partial charge in [-0.2, -0.15) is 0 Å². The van der Waals surface area contributed by atoms with Crippen molar-refractivity contribution >= 4 is 11.8 Å². The van der Waals surface area contributed by atoms with Crippen LogP contribution in [0.25, 0.3) is 0 Å². The van der Waals surface area contributed by atoms with E-state index >= 15 is 0 Å². The molecule has 29 heavy (non-hydrogen) atoms. The summed E-state index contributed by atoms with van der Waals surface area (Å²) in [7, 11) is 0. The number of amides is 2. The number of ether oxygens (including phenoxy) is 1. The van der Waals surface area contributed by atoms with Gasteiger partial charge < -0.3 is 19.1 Å². The second-order valence-corrected chi connectivity index (χ2v) is 8.99. The summed E-state index contributed by atoms with van der Waals surface area (Å²) in [5, 5.41) is 0. The van der Waals surface area contributed by atoms with Gasteiger partial charge in [0.25, 0.3) is 0 Å². The van der Waals surface area contributed by atoms with Gasteiger partial charge in [0.1, 0.15) is 5.60 Å². The summed E-state index contributed by atoms with van der Waals surface area (Å²) in [6.07, 6.45) is 10.5. The number of nitrogens with zero attached hydrogens (tertiary/aromatic N) is 4. The predicted molar refractivity (Wildman–Crippen MR) is 107 cm³/mol. The lowest BCUT2D eigenvalue weighted by atomic mass is 9.76. The summed E-state index contributed by atoms with van der Waals surface area (Å²) in [5.74, 6) is -0.142. The number of hydrogen-bond acceptors (Lipinski definition) is 4. The minimum Gasteiger partial charge on any atom is -0.360 e. The van der Waals surface area contributed by atoms with E-state index in [0.717, 1.165) is 38.0 Å². The lowest BCUT2D eigenvalue weighted by Crippen LogP contribution is -2.46. The first kappa shape index (κ1) is 18.9. The van der Waals surface area contributed by atoms with Crippen LogP contribution in [0.3, 0.4) is 0 Å². The smallest absolute Gasteiger partial charge is 0.230 e. The fourth-order valence-electron chi connectivity index (χ4n) is 5.66. The van der Waals surface area contributed by atoms with Crippen molar-refractivity contribution in [1.29, 1.82) is 0 Å². The third-order valence-corrected chi connectivity index (χ3v) is 7.39. The minimum absolute atomic E-state index is 0.0543. The number of aryl methyl sites for hydroxylation is 1. The zero-order valence-electron chi connectivity index (χ0n) is 17.3. The number of likely N-dealkylation sites (tertiary alicyclic amines) is 1. The quantitative estimate of drug-likeness (QED) is 0.710. The van der Waals surface area contributed by atoms with Crippen molar-refractivity contribution in [2.24, 2.45) is 17.8 Å². The Bertz CT molecular complexity index is 845. The standard InChI is InChI=1S/C22H30N4O3/c1-3-15(4-2)11-26-13-22-7-6-17(29-22)18(19(22)21(26)28)20(27)24-8-5-9-25-14-23-10-16(25)12-24/h6-7,10,14-15,17-19H,3-5,8-9,11-13H2,1-2H3/t17-,18?,19?,22-/m0/s1. The number of hydrogen-bond donors (Lipinski definition) is 0. The molecule has 4 atom stereocenters. The number of carbonyl (C=O) groups excluding carboxylic acids is 2. The number of aromatic nitrogens is 2. The Morgan fingerprint density at radius 1 is 1.34 bits per heavy atom. The van der Waals surface area contributed by atoms with E-state index in [1.54, 1.807) is 0 Å². The zero-order valence-corrected chi connectivity index (χ0v) is 17.3. The van der Waals surface area contributed by atoms with Gasteiger partial charge in [0, 0.05) is 25.8 Å². The summed E-state index contributed by atoms with van der Waals surface area (Å²) in [4.78, 5) is 35.1. The van der Waals surface area contributed by atoms with Crippen LogP contribution in [-0.4, -0.2) is 62.5 Å². The molecule has 7 nitrogen and oxygen atoms in total. The predicted octanol–water partition coefficient (Wildman–Crippen LogP) is 1.83. The highest BCUT2D eigenvalue weighted by molar-refractivity contribution is 5.93. The molecule has 2 unspecified atom stereocenters. The number of rotatable bonds is 5. The maximum atomic E-state index is 13.6. The van der Waals surface area contributed by atoms with E-state index in [0.29, 0.717) is 25.6 Å². The second kappa shape index (κ2) is 6.97. The summed E-state index contributed by atoms with van der Waals surface area (Å²) >= 11 is 0. The molecular formula is C22H30N4O3. The van der Waals surface area contributed by atoms with Crippen molar-refractivity contribution in [3.8, 4) is 0 Å². The van der Waals surface area contributed by atoms with Crippen molar-refractivity contribution in [3.63, 3.8) is 0 Å². The van der Waals surface area contributed by atoms with Crippen molar-refractivity contribution in [1.82, 2.24) is 19.4 Å². The first-order chi connectivity index (χ1) is 14.1. The molecule has 0 saturated carbocycles. The van der Waals surface area contributed by atoms with Crippen LogP contribution in [0, 0.1) is 17.8 Å². The molecule has 2 amide bonds. The van der Waals surface area contributed by atoms with Gasteiger partial charge in [0.2, 0.25) is 11.8 Å². The van der Waals surface area contributed by atoms with Crippen molar-refractivity contribution in [2.45, 2.75) is 57.9 Å². The number of imidazole rings is 1. The largest absolute Gasteiger partial charge is 0.360 e. The van der Waals surface area contributed by atoms with Gasteiger partial charge in [-0.25, -0.2) is 4.98 Å². The molecular weight excluding hydrogens is 368 g/mol. The number of fused-ring (bicyclic) bond motifs is 2. The highest BCUT2D eigenvalue weighted by Gasteiger charge is 2.67. The van der Waals surface area contributed by atoms with E-state index in [2.05, 4.69) is 29.5 Å². The van der Waals surface area contributed by atoms with E-state index in [-0.39, 0.29) is 23.8 Å². The Hall–Kier alpha value is -2.15. The fourth-order valence-corrected chi connectivity index (χ4v) is 5.66. The van der Waals surface area contributed by atoms with Crippen LogP contribution in [0.4, 0.5) is 0 Å². The van der Waals surface area contributed by atoms with Gasteiger partial charge in [-0.05, 0) is 12.3 Å². The highest BCUT2D eigenvalue weighted by atomic mass is 16.5. The molecule has 4 aliphatic rings. The van der Waals surface area contributed by atoms with E-state index in [4.69, 9.17) is 4.74 Å². The normalized spacial score (nSPS) is 32.8. The van der Waals surface area contributed by atoms with Crippen LogP contribution in [0.15, 0.2) is 24.7 Å². The lowest BCUT2D eigenvalue weighted by molar-refractivity contribution is -0.143. The maximum absolute atomic E-state index is 13.6. The van der Waals surface area contributed by atoms with Crippen molar-refractivity contribution in [3.05, 3.63) is 30.4 Å². The van der Waals surface area contributed by atoms with Gasteiger partial charge in [-0.1, -0.05) is 38.8 Å². The Balaban J connectivity index is 1.38. The van der Waals surface area contributed by atoms with Crippen molar-refractivity contribution in [2.75, 3.05) is 19.6 Å². The molecule has 2 fully saturated rings. The van der Waals surface area contributed by atoms with Gasteiger partial charge in [0.05, 0.1) is 43.1 Å². The van der Waals surface area contributed by atoms with Crippen LogP contribution >= 0.6 is 0 Å². The van der Waals surface area contributed by atoms with E-state index in [1.165, 1.54) is 0 Å². The molecule has 0 radical (unpaired) electrons. The minimum atomic E-state index is -0.609. The molecule has 0 aromatic carbocycles. The molecule has 1 aromatic rings. The van der Waals surface area contributed by atoms with Crippen LogP contribution < -0.4 is 0 Å². The molecule has 1 aromatic heterocycles. The second-order valence-electron chi connectivity index (χ2n) is 8.99. The summed E-state index contributed by atoms with van der Waals surface area (Å²) in [6.45, 7) is 7.82. The zero-order chi connectivity index (χ0) is 20.2. The Morgan fingerprint density at radius 3 is 2.97 bits per heavy atom. The Labute approximate surface area is 171 Å². The monoisotopic (exact) mass is 398 g/mol. The molecule has 0 aliphatic carbocycles. The molecule has 0 N–H and O–H groups in total. The third-order valence-electron chi connectivity index (χ3n) is 7.39. The van der Waals surface area contributed by atoms with Gasteiger partial charge in [-0.15, -0.1) is 0 Å². The topological polar surface area (TPSA) is 67.7 Å².